The number of hydrogen-bond donors (Lipinski definition) is 1. The summed E-state index contributed by atoms with van der Waals surface area (Å²) in [7, 11) is 0. The van der Waals surface area contributed by atoms with Gasteiger partial charge in [0.15, 0.2) is 0 Å². The zero-order valence-electron chi connectivity index (χ0n) is 12.5. The molecule has 1 heterocycles. The molecule has 0 aromatic rings. The minimum atomic E-state index is -0.359. The molecule has 2 rings (SSSR count). The minimum Gasteiger partial charge on any atom is -0.342 e. The van der Waals surface area contributed by atoms with Crippen molar-refractivity contribution < 1.29 is 9.59 Å². The summed E-state index contributed by atoms with van der Waals surface area (Å²) in [5.74, 6) is 0.232. The standard InChI is InChI=1S/C15H26N2O2/c1-10(2)12-14(19)17(11(3)13(18)16-12)15(4)8-6-5-7-9-15/h10-12H,5-9H2,1-4H3,(H,16,18). The Balaban J connectivity index is 2.29. The van der Waals surface area contributed by atoms with E-state index in [1.807, 2.05) is 25.7 Å². The fraction of sp³-hybridized carbons (Fsp3) is 0.867. The molecule has 0 radical (unpaired) electrons. The van der Waals surface area contributed by atoms with Crippen LogP contribution < -0.4 is 5.32 Å². The van der Waals surface area contributed by atoms with E-state index >= 15 is 0 Å². The van der Waals surface area contributed by atoms with Crippen molar-refractivity contribution in [1.29, 1.82) is 0 Å². The van der Waals surface area contributed by atoms with Crippen LogP contribution in [0.4, 0.5) is 0 Å². The van der Waals surface area contributed by atoms with Gasteiger partial charge in [-0.25, -0.2) is 0 Å². The van der Waals surface area contributed by atoms with Gasteiger partial charge < -0.3 is 10.2 Å². The maximum absolute atomic E-state index is 12.7. The molecule has 2 amide bonds. The van der Waals surface area contributed by atoms with Crippen LogP contribution in [0.1, 0.15) is 59.8 Å². The van der Waals surface area contributed by atoms with Crippen LogP contribution in [0, 0.1) is 5.92 Å². The second kappa shape index (κ2) is 5.14. The summed E-state index contributed by atoms with van der Waals surface area (Å²) in [5.41, 5.74) is -0.139. The zero-order chi connectivity index (χ0) is 14.2. The fourth-order valence-electron chi connectivity index (χ4n) is 3.53. The first kappa shape index (κ1) is 14.4. The highest BCUT2D eigenvalue weighted by Gasteiger charge is 2.47. The smallest absolute Gasteiger partial charge is 0.246 e. The van der Waals surface area contributed by atoms with Crippen LogP contribution in [0.15, 0.2) is 0 Å². The third-order valence-electron chi connectivity index (χ3n) is 4.75. The van der Waals surface area contributed by atoms with Gasteiger partial charge >= 0.3 is 0 Å². The van der Waals surface area contributed by atoms with E-state index in [0.717, 1.165) is 25.7 Å². The van der Waals surface area contributed by atoms with Crippen molar-refractivity contribution in [1.82, 2.24) is 10.2 Å². The molecule has 0 aromatic carbocycles. The normalized spacial score (nSPS) is 31.5. The molecule has 1 aliphatic carbocycles. The van der Waals surface area contributed by atoms with Crippen molar-refractivity contribution in [3.63, 3.8) is 0 Å². The number of carbonyl (C=O) groups is 2. The molecule has 108 valence electrons. The van der Waals surface area contributed by atoms with Crippen molar-refractivity contribution in [3.05, 3.63) is 0 Å². The number of rotatable bonds is 2. The number of carbonyl (C=O) groups excluding carboxylic acids is 2. The Morgan fingerprint density at radius 3 is 2.32 bits per heavy atom. The minimum absolute atomic E-state index is 0.00917. The molecule has 2 unspecified atom stereocenters. The lowest BCUT2D eigenvalue weighted by atomic mass is 9.79. The number of piperazine rings is 1. The van der Waals surface area contributed by atoms with Crippen LogP contribution in [0.25, 0.3) is 0 Å². The van der Waals surface area contributed by atoms with Crippen molar-refractivity contribution in [2.24, 2.45) is 5.92 Å². The summed E-state index contributed by atoms with van der Waals surface area (Å²) < 4.78 is 0. The highest BCUT2D eigenvalue weighted by Crippen LogP contribution is 2.36. The van der Waals surface area contributed by atoms with Crippen LogP contribution in [0.5, 0.6) is 0 Å². The lowest BCUT2D eigenvalue weighted by Crippen LogP contribution is -2.69. The number of hydrogen-bond acceptors (Lipinski definition) is 2. The SMILES string of the molecule is CC(C)C1NC(=O)C(C)N(C2(C)CCCCC2)C1=O. The molecule has 0 aromatic heterocycles. The second-order valence-corrected chi connectivity index (χ2v) is 6.67. The maximum Gasteiger partial charge on any atom is 0.246 e. The molecule has 2 aliphatic rings. The lowest BCUT2D eigenvalue weighted by molar-refractivity contribution is -0.158. The Morgan fingerprint density at radius 2 is 1.79 bits per heavy atom. The van der Waals surface area contributed by atoms with Crippen molar-refractivity contribution in [2.45, 2.75) is 77.4 Å². The largest absolute Gasteiger partial charge is 0.342 e. The van der Waals surface area contributed by atoms with Gasteiger partial charge in [0.05, 0.1) is 0 Å². The molecule has 1 N–H and O–H groups in total. The molecule has 1 saturated carbocycles. The van der Waals surface area contributed by atoms with Crippen LogP contribution in [-0.4, -0.2) is 34.3 Å². The van der Waals surface area contributed by atoms with E-state index < -0.39 is 0 Å². The maximum atomic E-state index is 12.7. The van der Waals surface area contributed by atoms with Crippen molar-refractivity contribution in [2.75, 3.05) is 0 Å². The fourth-order valence-corrected chi connectivity index (χ4v) is 3.53. The average molecular weight is 266 g/mol. The average Bonchev–Trinajstić information content (AvgIpc) is 2.34. The highest BCUT2D eigenvalue weighted by atomic mass is 16.2. The van der Waals surface area contributed by atoms with Crippen molar-refractivity contribution in [3.8, 4) is 0 Å². The third-order valence-corrected chi connectivity index (χ3v) is 4.75. The van der Waals surface area contributed by atoms with Gasteiger partial charge in [0.25, 0.3) is 0 Å². The van der Waals surface area contributed by atoms with E-state index in [-0.39, 0.29) is 35.4 Å². The highest BCUT2D eigenvalue weighted by molar-refractivity contribution is 5.97. The molecule has 1 saturated heterocycles. The zero-order valence-corrected chi connectivity index (χ0v) is 12.5. The first-order chi connectivity index (χ1) is 8.87. The van der Waals surface area contributed by atoms with Gasteiger partial charge in [0.1, 0.15) is 12.1 Å². The van der Waals surface area contributed by atoms with E-state index in [2.05, 4.69) is 12.2 Å². The lowest BCUT2D eigenvalue weighted by Gasteiger charge is -2.50. The van der Waals surface area contributed by atoms with Gasteiger partial charge in [-0.05, 0) is 32.6 Å². The van der Waals surface area contributed by atoms with Gasteiger partial charge in [-0.3, -0.25) is 9.59 Å². The molecule has 0 bridgehead atoms. The first-order valence-electron chi connectivity index (χ1n) is 7.50. The summed E-state index contributed by atoms with van der Waals surface area (Å²) in [6.07, 6.45) is 5.58. The van der Waals surface area contributed by atoms with Gasteiger partial charge in [0.2, 0.25) is 11.8 Å². The van der Waals surface area contributed by atoms with E-state index in [9.17, 15) is 9.59 Å². The summed E-state index contributed by atoms with van der Waals surface area (Å²) in [6.45, 7) is 7.97. The van der Waals surface area contributed by atoms with Crippen LogP contribution in [0.2, 0.25) is 0 Å². The first-order valence-corrected chi connectivity index (χ1v) is 7.50. The number of nitrogens with one attached hydrogen (secondary N) is 1. The van der Waals surface area contributed by atoms with Gasteiger partial charge in [-0.2, -0.15) is 0 Å². The molecule has 1 aliphatic heterocycles. The molecule has 2 atom stereocenters. The third kappa shape index (κ3) is 2.49. The Morgan fingerprint density at radius 1 is 1.21 bits per heavy atom. The molecular formula is C15H26N2O2. The van der Waals surface area contributed by atoms with Gasteiger partial charge in [-0.15, -0.1) is 0 Å². The monoisotopic (exact) mass is 266 g/mol. The summed E-state index contributed by atoms with van der Waals surface area (Å²) in [4.78, 5) is 26.8. The van der Waals surface area contributed by atoms with Gasteiger partial charge in [0, 0.05) is 5.54 Å². The second-order valence-electron chi connectivity index (χ2n) is 6.67. The molecule has 2 fully saturated rings. The molecular weight excluding hydrogens is 240 g/mol. The number of nitrogens with zero attached hydrogens (tertiary/aromatic N) is 1. The Kier molecular flexibility index (Phi) is 3.88. The summed E-state index contributed by atoms with van der Waals surface area (Å²) in [6, 6.07) is -0.701. The van der Waals surface area contributed by atoms with Crippen molar-refractivity contribution >= 4 is 11.8 Å². The topological polar surface area (TPSA) is 49.4 Å². The predicted molar refractivity (Wildman–Crippen MR) is 74.6 cm³/mol. The molecule has 19 heavy (non-hydrogen) atoms. The quantitative estimate of drug-likeness (QED) is 0.832. The Labute approximate surface area is 115 Å². The summed E-state index contributed by atoms with van der Waals surface area (Å²) >= 11 is 0. The Hall–Kier alpha value is -1.06. The molecule has 0 spiro atoms. The van der Waals surface area contributed by atoms with E-state index in [0.29, 0.717) is 0 Å². The van der Waals surface area contributed by atoms with Gasteiger partial charge in [-0.1, -0.05) is 33.1 Å². The molecule has 4 heteroatoms. The number of amides is 2. The van der Waals surface area contributed by atoms with Crippen LogP contribution in [-0.2, 0) is 9.59 Å². The Bertz CT molecular complexity index is 372. The van der Waals surface area contributed by atoms with Crippen LogP contribution >= 0.6 is 0 Å². The summed E-state index contributed by atoms with van der Waals surface area (Å²) in [5, 5.41) is 2.87. The molecule has 4 nitrogen and oxygen atoms in total. The van der Waals surface area contributed by atoms with Crippen LogP contribution in [0.3, 0.4) is 0 Å². The van der Waals surface area contributed by atoms with E-state index in [1.54, 1.807) is 0 Å². The predicted octanol–water partition coefficient (Wildman–Crippen LogP) is 2.08. The van der Waals surface area contributed by atoms with E-state index in [1.165, 1.54) is 6.42 Å². The van der Waals surface area contributed by atoms with E-state index in [4.69, 9.17) is 0 Å².